The lowest BCUT2D eigenvalue weighted by molar-refractivity contribution is 0.584. The zero-order valence-corrected chi connectivity index (χ0v) is 11.5. The summed E-state index contributed by atoms with van der Waals surface area (Å²) < 4.78 is 28.7. The highest BCUT2D eigenvalue weighted by atomic mass is 32.1. The summed E-state index contributed by atoms with van der Waals surface area (Å²) >= 11 is 1.69. The summed E-state index contributed by atoms with van der Waals surface area (Å²) in [6.45, 7) is 0. The van der Waals surface area contributed by atoms with Gasteiger partial charge in [-0.1, -0.05) is 0 Å². The quantitative estimate of drug-likeness (QED) is 0.656. The van der Waals surface area contributed by atoms with Crippen LogP contribution in [0.5, 0.6) is 0 Å². The van der Waals surface area contributed by atoms with E-state index in [9.17, 15) is 8.78 Å². The third kappa shape index (κ3) is 1.85. The zero-order chi connectivity index (χ0) is 13.7. The van der Waals surface area contributed by atoms with Crippen molar-refractivity contribution in [3.8, 4) is 11.3 Å². The van der Waals surface area contributed by atoms with Gasteiger partial charge in [0.05, 0.1) is 5.69 Å². The minimum absolute atomic E-state index is 0.489. The molecular weight excluding hydrogens is 278 g/mol. The number of halogens is 2. The average Bonchev–Trinajstić information content (AvgIpc) is 2.94. The van der Waals surface area contributed by atoms with Crippen molar-refractivity contribution in [2.75, 3.05) is 0 Å². The number of rotatable bonds is 1. The van der Waals surface area contributed by atoms with Crippen molar-refractivity contribution in [3.63, 3.8) is 0 Å². The fourth-order valence-electron chi connectivity index (χ4n) is 2.81. The Morgan fingerprint density at radius 3 is 2.60 bits per heavy atom. The molecule has 0 N–H and O–H groups in total. The minimum atomic E-state index is -0.571. The summed E-state index contributed by atoms with van der Waals surface area (Å²) in [5, 5.41) is 0. The highest BCUT2D eigenvalue weighted by Gasteiger charge is 2.18. The first-order valence-electron chi connectivity index (χ1n) is 6.67. The predicted molar refractivity (Wildman–Crippen MR) is 75.1 cm³/mol. The van der Waals surface area contributed by atoms with E-state index in [0.717, 1.165) is 23.9 Å². The topological polar surface area (TPSA) is 17.3 Å². The van der Waals surface area contributed by atoms with Crippen molar-refractivity contribution in [2.45, 2.75) is 25.7 Å². The number of imidazole rings is 1. The molecule has 20 heavy (non-hydrogen) atoms. The van der Waals surface area contributed by atoms with Gasteiger partial charge in [-0.15, -0.1) is 11.3 Å². The zero-order valence-electron chi connectivity index (χ0n) is 10.7. The Kier molecular flexibility index (Phi) is 2.63. The fourth-order valence-corrected chi connectivity index (χ4v) is 4.00. The lowest BCUT2D eigenvalue weighted by atomic mass is 10.0. The van der Waals surface area contributed by atoms with E-state index in [-0.39, 0.29) is 0 Å². The number of hydrogen-bond acceptors (Lipinski definition) is 2. The maximum Gasteiger partial charge on any atom is 0.194 e. The lowest BCUT2D eigenvalue weighted by Crippen LogP contribution is -2.01. The van der Waals surface area contributed by atoms with Crippen LogP contribution in [-0.4, -0.2) is 9.38 Å². The molecule has 0 aliphatic heterocycles. The van der Waals surface area contributed by atoms with E-state index >= 15 is 0 Å². The molecule has 3 aromatic rings. The largest absolute Gasteiger partial charge is 0.294 e. The maximum absolute atomic E-state index is 13.3. The number of aryl methyl sites for hydroxylation is 2. The van der Waals surface area contributed by atoms with E-state index in [1.165, 1.54) is 35.5 Å². The molecule has 0 bridgehead atoms. The third-order valence-corrected chi connectivity index (χ3v) is 4.88. The van der Waals surface area contributed by atoms with Crippen LogP contribution in [0.1, 0.15) is 23.4 Å². The smallest absolute Gasteiger partial charge is 0.194 e. The van der Waals surface area contributed by atoms with Gasteiger partial charge >= 0.3 is 0 Å². The molecule has 2 nitrogen and oxygen atoms in total. The molecular formula is C15H12F2N2S. The predicted octanol–water partition coefficient (Wildman–Crippen LogP) is 4.22. The molecule has 1 aliphatic carbocycles. The monoisotopic (exact) mass is 290 g/mol. The molecule has 0 saturated heterocycles. The number of aromatic nitrogens is 2. The molecule has 0 atom stereocenters. The molecule has 5 heteroatoms. The summed E-state index contributed by atoms with van der Waals surface area (Å²) in [7, 11) is 0. The molecule has 4 rings (SSSR count). The molecule has 0 spiro atoms. The van der Waals surface area contributed by atoms with Crippen LogP contribution in [0.15, 0.2) is 24.4 Å². The number of hydrogen-bond donors (Lipinski definition) is 0. The number of fused-ring (bicyclic) bond motifs is 3. The van der Waals surface area contributed by atoms with Gasteiger partial charge in [0.2, 0.25) is 0 Å². The summed E-state index contributed by atoms with van der Waals surface area (Å²) in [6, 6.07) is 3.52. The van der Waals surface area contributed by atoms with E-state index in [4.69, 9.17) is 0 Å². The van der Waals surface area contributed by atoms with Gasteiger partial charge in [-0.05, 0) is 37.8 Å². The van der Waals surface area contributed by atoms with Crippen LogP contribution < -0.4 is 0 Å². The van der Waals surface area contributed by atoms with Crippen molar-refractivity contribution in [3.05, 3.63) is 46.6 Å². The number of thiazole rings is 1. The summed E-state index contributed by atoms with van der Waals surface area (Å²) in [5.41, 5.74) is 2.43. The Morgan fingerprint density at radius 2 is 1.80 bits per heavy atom. The van der Waals surface area contributed by atoms with Crippen molar-refractivity contribution < 1.29 is 8.78 Å². The number of nitrogens with zero attached hydrogens (tertiary/aromatic N) is 2. The summed E-state index contributed by atoms with van der Waals surface area (Å²) in [5.74, 6) is -1.14. The van der Waals surface area contributed by atoms with Crippen LogP contribution in [0.2, 0.25) is 0 Å². The molecule has 0 radical (unpaired) electrons. The molecule has 2 aromatic heterocycles. The second kappa shape index (κ2) is 4.38. The van der Waals surface area contributed by atoms with Gasteiger partial charge in [0.15, 0.2) is 4.96 Å². The Labute approximate surface area is 118 Å². The highest BCUT2D eigenvalue weighted by molar-refractivity contribution is 7.17. The molecule has 0 saturated carbocycles. The van der Waals surface area contributed by atoms with Crippen molar-refractivity contribution in [2.24, 2.45) is 0 Å². The van der Waals surface area contributed by atoms with E-state index in [0.29, 0.717) is 11.3 Å². The highest BCUT2D eigenvalue weighted by Crippen LogP contribution is 2.32. The summed E-state index contributed by atoms with van der Waals surface area (Å²) in [6.07, 6.45) is 6.50. The Balaban J connectivity index is 1.86. The maximum atomic E-state index is 13.3. The van der Waals surface area contributed by atoms with Crippen LogP contribution in [-0.2, 0) is 12.8 Å². The van der Waals surface area contributed by atoms with E-state index in [2.05, 4.69) is 9.38 Å². The fraction of sp³-hybridized carbons (Fsp3) is 0.267. The van der Waals surface area contributed by atoms with Crippen LogP contribution >= 0.6 is 11.3 Å². The molecule has 1 aromatic carbocycles. The van der Waals surface area contributed by atoms with E-state index < -0.39 is 11.6 Å². The average molecular weight is 290 g/mol. The first-order chi connectivity index (χ1) is 9.70. The third-order valence-electron chi connectivity index (χ3n) is 3.73. The second-order valence-electron chi connectivity index (χ2n) is 5.12. The molecule has 2 heterocycles. The summed E-state index contributed by atoms with van der Waals surface area (Å²) in [4.78, 5) is 6.83. The molecule has 102 valence electrons. The van der Waals surface area contributed by atoms with Gasteiger partial charge < -0.3 is 0 Å². The van der Waals surface area contributed by atoms with Crippen LogP contribution in [0.3, 0.4) is 0 Å². The van der Waals surface area contributed by atoms with Gasteiger partial charge in [-0.2, -0.15) is 0 Å². The minimum Gasteiger partial charge on any atom is -0.294 e. The van der Waals surface area contributed by atoms with E-state index in [1.807, 2.05) is 6.20 Å². The van der Waals surface area contributed by atoms with Crippen molar-refractivity contribution in [1.82, 2.24) is 9.38 Å². The van der Waals surface area contributed by atoms with Crippen LogP contribution in [0, 0.1) is 11.6 Å². The molecule has 0 fully saturated rings. The number of benzene rings is 1. The Hall–Kier alpha value is -1.75. The van der Waals surface area contributed by atoms with Crippen LogP contribution in [0.25, 0.3) is 16.2 Å². The van der Waals surface area contributed by atoms with Gasteiger partial charge in [0, 0.05) is 28.4 Å². The van der Waals surface area contributed by atoms with Crippen molar-refractivity contribution >= 4 is 16.3 Å². The second-order valence-corrected chi connectivity index (χ2v) is 6.18. The van der Waals surface area contributed by atoms with E-state index in [1.54, 1.807) is 11.3 Å². The van der Waals surface area contributed by atoms with Crippen molar-refractivity contribution in [1.29, 1.82) is 0 Å². The molecule has 0 unspecified atom stereocenters. The van der Waals surface area contributed by atoms with Gasteiger partial charge in [-0.25, -0.2) is 13.8 Å². The van der Waals surface area contributed by atoms with Gasteiger partial charge in [0.1, 0.15) is 11.6 Å². The van der Waals surface area contributed by atoms with Crippen LogP contribution in [0.4, 0.5) is 8.78 Å². The normalized spacial score (nSPS) is 14.7. The molecule has 0 amide bonds. The first-order valence-corrected chi connectivity index (χ1v) is 7.48. The lowest BCUT2D eigenvalue weighted by Gasteiger charge is -2.09. The Morgan fingerprint density at radius 1 is 1.05 bits per heavy atom. The SMILES string of the molecule is Fc1cc(F)cc(-c2cn3c4c(sc3n2)CCCC4)c1. The standard InChI is InChI=1S/C15H12F2N2S/c16-10-5-9(6-11(17)7-10)12-8-19-13-3-1-2-4-14(13)20-15(19)18-12/h5-8H,1-4H2. The first kappa shape index (κ1) is 12.0. The van der Waals surface area contributed by atoms with Gasteiger partial charge in [0.25, 0.3) is 0 Å². The van der Waals surface area contributed by atoms with Gasteiger partial charge in [-0.3, -0.25) is 4.40 Å². The molecule has 1 aliphatic rings. The Bertz CT molecular complexity index is 783.